The van der Waals surface area contributed by atoms with Gasteiger partial charge in [-0.05, 0) is 52.9 Å². The molecule has 0 spiro atoms. The maximum Gasteiger partial charge on any atom is 0.337 e. The molecule has 18 heavy (non-hydrogen) atoms. The Morgan fingerprint density at radius 3 is 2.56 bits per heavy atom. The number of nitrogens with two attached hydrogens (primary N) is 1. The van der Waals surface area contributed by atoms with Crippen molar-refractivity contribution >= 4 is 45.6 Å². The number of benzene rings is 2. The summed E-state index contributed by atoms with van der Waals surface area (Å²) in [5, 5.41) is 12.1. The van der Waals surface area contributed by atoms with Crippen LogP contribution >= 0.6 is 22.6 Å². The van der Waals surface area contributed by atoms with Crippen molar-refractivity contribution in [1.82, 2.24) is 0 Å². The molecule has 0 saturated heterocycles. The summed E-state index contributed by atoms with van der Waals surface area (Å²) >= 11 is 2.23. The zero-order valence-corrected chi connectivity index (χ0v) is 11.5. The molecule has 0 fully saturated rings. The van der Waals surface area contributed by atoms with Crippen LogP contribution in [-0.2, 0) is 0 Å². The van der Waals surface area contributed by atoms with Crippen LogP contribution in [0.3, 0.4) is 0 Å². The number of carboxylic acid groups (broad SMARTS) is 1. The minimum Gasteiger partial charge on any atom is -0.478 e. The van der Waals surface area contributed by atoms with Crippen molar-refractivity contribution < 1.29 is 9.90 Å². The quantitative estimate of drug-likeness (QED) is 0.584. The summed E-state index contributed by atoms with van der Waals surface area (Å²) in [6.45, 7) is 0. The van der Waals surface area contributed by atoms with Crippen LogP contribution in [0.15, 0.2) is 42.5 Å². The first-order valence-corrected chi connectivity index (χ1v) is 6.30. The van der Waals surface area contributed by atoms with Gasteiger partial charge in [0.2, 0.25) is 0 Å². The first kappa shape index (κ1) is 12.7. The molecule has 0 saturated carbocycles. The fraction of sp³-hybridized carbons (Fsp3) is 0. The molecule has 0 aliphatic carbocycles. The number of halogens is 1. The van der Waals surface area contributed by atoms with E-state index >= 15 is 0 Å². The van der Waals surface area contributed by atoms with E-state index in [1.807, 2.05) is 24.3 Å². The molecule has 0 aliphatic rings. The first-order valence-electron chi connectivity index (χ1n) is 5.22. The third-order valence-electron chi connectivity index (χ3n) is 2.43. The summed E-state index contributed by atoms with van der Waals surface area (Å²) in [6, 6.07) is 12.6. The lowest BCUT2D eigenvalue weighted by Gasteiger charge is -2.10. The number of hydrogen-bond donors (Lipinski definition) is 3. The van der Waals surface area contributed by atoms with E-state index in [-0.39, 0.29) is 11.3 Å². The smallest absolute Gasteiger partial charge is 0.337 e. The average molecular weight is 354 g/mol. The Morgan fingerprint density at radius 2 is 1.94 bits per heavy atom. The summed E-state index contributed by atoms with van der Waals surface area (Å²) in [7, 11) is 0. The Hall–Kier alpha value is -1.76. The number of nitrogen functional groups attached to an aromatic ring is 1. The molecule has 0 aliphatic heterocycles. The SMILES string of the molecule is Nc1cc(Nc2ccccc2I)ccc1C(=O)O. The van der Waals surface area contributed by atoms with Crippen molar-refractivity contribution in [1.29, 1.82) is 0 Å². The van der Waals surface area contributed by atoms with Gasteiger partial charge < -0.3 is 16.2 Å². The van der Waals surface area contributed by atoms with Crippen LogP contribution in [0.4, 0.5) is 17.1 Å². The molecule has 0 atom stereocenters. The lowest BCUT2D eigenvalue weighted by Crippen LogP contribution is -2.03. The Morgan fingerprint density at radius 1 is 1.22 bits per heavy atom. The zero-order chi connectivity index (χ0) is 13.1. The molecule has 0 radical (unpaired) electrons. The fourth-order valence-corrected chi connectivity index (χ4v) is 2.08. The van der Waals surface area contributed by atoms with E-state index in [2.05, 4.69) is 27.9 Å². The largest absolute Gasteiger partial charge is 0.478 e. The second-order valence-electron chi connectivity index (χ2n) is 3.71. The third kappa shape index (κ3) is 2.73. The van der Waals surface area contributed by atoms with Gasteiger partial charge in [0.1, 0.15) is 0 Å². The Kier molecular flexibility index (Phi) is 3.71. The predicted molar refractivity (Wildman–Crippen MR) is 80.3 cm³/mol. The van der Waals surface area contributed by atoms with Gasteiger partial charge >= 0.3 is 5.97 Å². The molecule has 0 bridgehead atoms. The minimum absolute atomic E-state index is 0.114. The highest BCUT2D eigenvalue weighted by Gasteiger charge is 2.08. The molecule has 2 aromatic carbocycles. The van der Waals surface area contributed by atoms with E-state index in [1.54, 1.807) is 12.1 Å². The van der Waals surface area contributed by atoms with E-state index in [4.69, 9.17) is 10.8 Å². The second-order valence-corrected chi connectivity index (χ2v) is 4.87. The molecule has 0 heterocycles. The Bertz CT molecular complexity index is 599. The zero-order valence-electron chi connectivity index (χ0n) is 9.35. The van der Waals surface area contributed by atoms with E-state index < -0.39 is 5.97 Å². The van der Waals surface area contributed by atoms with Gasteiger partial charge in [0, 0.05) is 14.9 Å². The third-order valence-corrected chi connectivity index (χ3v) is 3.38. The Balaban J connectivity index is 2.29. The van der Waals surface area contributed by atoms with Crippen LogP contribution in [0, 0.1) is 3.57 Å². The first-order chi connectivity index (χ1) is 8.58. The highest BCUT2D eigenvalue weighted by Crippen LogP contribution is 2.24. The maximum absolute atomic E-state index is 10.8. The van der Waals surface area contributed by atoms with Crippen molar-refractivity contribution in [3.63, 3.8) is 0 Å². The number of carbonyl (C=O) groups is 1. The maximum atomic E-state index is 10.8. The molecule has 92 valence electrons. The number of hydrogen-bond acceptors (Lipinski definition) is 3. The summed E-state index contributed by atoms with van der Waals surface area (Å²) in [6.07, 6.45) is 0. The number of nitrogens with one attached hydrogen (secondary N) is 1. The number of rotatable bonds is 3. The van der Waals surface area contributed by atoms with E-state index in [1.165, 1.54) is 6.07 Å². The van der Waals surface area contributed by atoms with Crippen molar-refractivity contribution in [3.8, 4) is 0 Å². The van der Waals surface area contributed by atoms with Gasteiger partial charge in [-0.2, -0.15) is 0 Å². The number of carboxylic acids is 1. The van der Waals surface area contributed by atoms with Gasteiger partial charge in [-0.1, -0.05) is 12.1 Å². The fourth-order valence-electron chi connectivity index (χ4n) is 1.55. The van der Waals surface area contributed by atoms with Crippen LogP contribution in [0.25, 0.3) is 0 Å². The summed E-state index contributed by atoms with van der Waals surface area (Å²) in [5.41, 5.74) is 7.78. The molecule has 0 aromatic heterocycles. The molecule has 2 aromatic rings. The minimum atomic E-state index is -1.02. The topological polar surface area (TPSA) is 75.3 Å². The highest BCUT2D eigenvalue weighted by molar-refractivity contribution is 14.1. The van der Waals surface area contributed by atoms with Gasteiger partial charge in [0.25, 0.3) is 0 Å². The molecule has 5 heteroatoms. The molecule has 0 amide bonds. The normalized spacial score (nSPS) is 10.1. The number of aromatic carboxylic acids is 1. The number of para-hydroxylation sites is 1. The summed E-state index contributed by atoms with van der Waals surface area (Å²) in [4.78, 5) is 10.8. The van der Waals surface area contributed by atoms with Gasteiger partial charge in [0.05, 0.1) is 11.3 Å². The second kappa shape index (κ2) is 5.26. The molecule has 4 nitrogen and oxygen atoms in total. The summed E-state index contributed by atoms with van der Waals surface area (Å²) in [5.74, 6) is -1.02. The molecule has 0 unspecified atom stereocenters. The van der Waals surface area contributed by atoms with E-state index in [0.29, 0.717) is 0 Å². The van der Waals surface area contributed by atoms with Crippen LogP contribution in [0.2, 0.25) is 0 Å². The van der Waals surface area contributed by atoms with Crippen LogP contribution in [-0.4, -0.2) is 11.1 Å². The average Bonchev–Trinajstić information content (AvgIpc) is 2.32. The number of anilines is 3. The predicted octanol–water partition coefficient (Wildman–Crippen LogP) is 3.32. The monoisotopic (exact) mass is 354 g/mol. The van der Waals surface area contributed by atoms with Gasteiger partial charge in [-0.25, -0.2) is 4.79 Å². The molecule has 4 N–H and O–H groups in total. The molecule has 2 rings (SSSR count). The summed E-state index contributed by atoms with van der Waals surface area (Å²) < 4.78 is 1.08. The lowest BCUT2D eigenvalue weighted by atomic mass is 10.1. The van der Waals surface area contributed by atoms with Gasteiger partial charge in [0.15, 0.2) is 0 Å². The van der Waals surface area contributed by atoms with Crippen molar-refractivity contribution in [3.05, 3.63) is 51.6 Å². The molecular formula is C13H11IN2O2. The van der Waals surface area contributed by atoms with Gasteiger partial charge in [-0.15, -0.1) is 0 Å². The van der Waals surface area contributed by atoms with Gasteiger partial charge in [-0.3, -0.25) is 0 Å². The van der Waals surface area contributed by atoms with Crippen molar-refractivity contribution in [2.45, 2.75) is 0 Å². The standard InChI is InChI=1S/C13H11IN2O2/c14-10-3-1-2-4-12(10)16-8-5-6-9(13(17)18)11(15)7-8/h1-7,16H,15H2,(H,17,18). The van der Waals surface area contributed by atoms with E-state index in [0.717, 1.165) is 14.9 Å². The van der Waals surface area contributed by atoms with Crippen molar-refractivity contribution in [2.75, 3.05) is 11.1 Å². The van der Waals surface area contributed by atoms with Crippen LogP contribution in [0.1, 0.15) is 10.4 Å². The molecular weight excluding hydrogens is 343 g/mol. The Labute approximate surface area is 118 Å². The van der Waals surface area contributed by atoms with E-state index in [9.17, 15) is 4.79 Å². The van der Waals surface area contributed by atoms with Crippen LogP contribution < -0.4 is 11.1 Å². The van der Waals surface area contributed by atoms with Crippen LogP contribution in [0.5, 0.6) is 0 Å². The highest BCUT2D eigenvalue weighted by atomic mass is 127. The lowest BCUT2D eigenvalue weighted by molar-refractivity contribution is 0.0698. The van der Waals surface area contributed by atoms with Crippen molar-refractivity contribution in [2.24, 2.45) is 0 Å².